The molecule has 1 aliphatic heterocycles. The molecule has 0 bridgehead atoms. The molecule has 2 aromatic rings. The molecule has 0 N–H and O–H groups in total. The Hall–Kier alpha value is -1.76. The molecule has 2 aromatic heterocycles. The van der Waals surface area contributed by atoms with E-state index in [0.29, 0.717) is 28.7 Å². The average Bonchev–Trinajstić information content (AvgIpc) is 3.16. The minimum Gasteiger partial charge on any atom is -0.459 e. The highest BCUT2D eigenvalue weighted by Gasteiger charge is 2.23. The second-order valence-corrected chi connectivity index (χ2v) is 6.00. The Morgan fingerprint density at radius 2 is 2.38 bits per heavy atom. The van der Waals surface area contributed by atoms with Crippen molar-refractivity contribution in [3.8, 4) is 11.7 Å². The standard InChI is InChI=1S/C14H17N3O3S/c1-10-5-2-3-7-17(10)12(18)9-21-14-16-15-13(20-14)11-6-4-8-19-11/h4,6,8,10H,2-3,5,7,9H2,1H3/t10-/m1/s1. The van der Waals surface area contributed by atoms with Crippen molar-refractivity contribution in [3.63, 3.8) is 0 Å². The van der Waals surface area contributed by atoms with Crippen molar-refractivity contribution in [1.29, 1.82) is 0 Å². The molecule has 0 saturated carbocycles. The second-order valence-electron chi connectivity index (χ2n) is 5.07. The number of likely N-dealkylation sites (tertiary alicyclic amines) is 1. The lowest BCUT2D eigenvalue weighted by atomic mass is 10.0. The normalized spacial score (nSPS) is 18.9. The number of aromatic nitrogens is 2. The molecule has 21 heavy (non-hydrogen) atoms. The van der Waals surface area contributed by atoms with Gasteiger partial charge in [-0.15, -0.1) is 10.2 Å². The molecule has 7 heteroatoms. The highest BCUT2D eigenvalue weighted by molar-refractivity contribution is 7.99. The van der Waals surface area contributed by atoms with E-state index in [1.54, 1.807) is 18.4 Å². The molecular formula is C14H17N3O3S. The van der Waals surface area contributed by atoms with Crippen molar-refractivity contribution in [2.45, 2.75) is 37.5 Å². The van der Waals surface area contributed by atoms with Gasteiger partial charge in [-0.05, 0) is 38.3 Å². The molecule has 6 nitrogen and oxygen atoms in total. The van der Waals surface area contributed by atoms with E-state index in [1.807, 2.05) is 4.90 Å². The van der Waals surface area contributed by atoms with Crippen LogP contribution in [0.15, 0.2) is 32.5 Å². The maximum atomic E-state index is 12.2. The summed E-state index contributed by atoms with van der Waals surface area (Å²) in [4.78, 5) is 14.2. The Kier molecular flexibility index (Phi) is 4.28. The molecule has 0 aliphatic carbocycles. The van der Waals surface area contributed by atoms with Crippen LogP contribution in [0, 0.1) is 0 Å². The van der Waals surface area contributed by atoms with Crippen LogP contribution in [-0.2, 0) is 4.79 Å². The van der Waals surface area contributed by atoms with E-state index in [2.05, 4.69) is 17.1 Å². The number of amides is 1. The Balaban J connectivity index is 1.56. The predicted octanol–water partition coefficient (Wildman–Crippen LogP) is 2.82. The van der Waals surface area contributed by atoms with Crippen LogP contribution < -0.4 is 0 Å². The van der Waals surface area contributed by atoms with Gasteiger partial charge >= 0.3 is 0 Å². The van der Waals surface area contributed by atoms with Crippen molar-refractivity contribution in [2.24, 2.45) is 0 Å². The van der Waals surface area contributed by atoms with Crippen LogP contribution in [0.4, 0.5) is 0 Å². The number of thioether (sulfide) groups is 1. The summed E-state index contributed by atoms with van der Waals surface area (Å²) in [6, 6.07) is 3.84. The van der Waals surface area contributed by atoms with E-state index in [4.69, 9.17) is 8.83 Å². The lowest BCUT2D eigenvalue weighted by Gasteiger charge is -2.33. The minimum atomic E-state index is 0.130. The monoisotopic (exact) mass is 307 g/mol. The second kappa shape index (κ2) is 6.34. The van der Waals surface area contributed by atoms with Gasteiger partial charge in [0.05, 0.1) is 12.0 Å². The molecule has 0 aromatic carbocycles. The Bertz CT molecular complexity index is 596. The molecule has 3 heterocycles. The molecule has 1 aliphatic rings. The van der Waals surface area contributed by atoms with Gasteiger partial charge in [-0.25, -0.2) is 0 Å². The van der Waals surface area contributed by atoms with Crippen LogP contribution >= 0.6 is 11.8 Å². The van der Waals surface area contributed by atoms with Crippen molar-refractivity contribution in [3.05, 3.63) is 18.4 Å². The van der Waals surface area contributed by atoms with Crippen LogP contribution in [0.25, 0.3) is 11.7 Å². The summed E-state index contributed by atoms with van der Waals surface area (Å²) >= 11 is 1.27. The van der Waals surface area contributed by atoms with Gasteiger partial charge in [-0.1, -0.05) is 11.8 Å². The number of carbonyl (C=O) groups is 1. The van der Waals surface area contributed by atoms with E-state index >= 15 is 0 Å². The predicted molar refractivity (Wildman–Crippen MR) is 77.8 cm³/mol. The Labute approximate surface area is 126 Å². The van der Waals surface area contributed by atoms with E-state index in [1.165, 1.54) is 18.2 Å². The van der Waals surface area contributed by atoms with Crippen molar-refractivity contribution in [2.75, 3.05) is 12.3 Å². The Morgan fingerprint density at radius 1 is 1.48 bits per heavy atom. The number of rotatable bonds is 4. The van der Waals surface area contributed by atoms with Crippen LogP contribution in [0.3, 0.4) is 0 Å². The van der Waals surface area contributed by atoms with Crippen LogP contribution in [0.5, 0.6) is 0 Å². The number of piperidine rings is 1. The lowest BCUT2D eigenvalue weighted by Crippen LogP contribution is -2.42. The fraction of sp³-hybridized carbons (Fsp3) is 0.500. The van der Waals surface area contributed by atoms with E-state index in [0.717, 1.165) is 19.4 Å². The average molecular weight is 307 g/mol. The molecule has 112 valence electrons. The summed E-state index contributed by atoms with van der Waals surface area (Å²) < 4.78 is 10.7. The third-order valence-electron chi connectivity index (χ3n) is 3.58. The minimum absolute atomic E-state index is 0.130. The molecule has 3 rings (SSSR count). The van der Waals surface area contributed by atoms with E-state index < -0.39 is 0 Å². The zero-order valence-corrected chi connectivity index (χ0v) is 12.6. The Morgan fingerprint density at radius 3 is 3.14 bits per heavy atom. The van der Waals surface area contributed by atoms with Crippen LogP contribution in [0.2, 0.25) is 0 Å². The fourth-order valence-corrected chi connectivity index (χ4v) is 3.09. The zero-order chi connectivity index (χ0) is 14.7. The van der Waals surface area contributed by atoms with Crippen molar-refractivity contribution in [1.82, 2.24) is 15.1 Å². The van der Waals surface area contributed by atoms with Gasteiger partial charge in [-0.3, -0.25) is 4.79 Å². The quantitative estimate of drug-likeness (QED) is 0.809. The topological polar surface area (TPSA) is 72.4 Å². The molecule has 1 amide bonds. The summed E-state index contributed by atoms with van der Waals surface area (Å²) in [6.07, 6.45) is 4.92. The summed E-state index contributed by atoms with van der Waals surface area (Å²) in [5, 5.41) is 8.22. The first-order chi connectivity index (χ1) is 10.2. The van der Waals surface area contributed by atoms with Gasteiger partial charge in [0.25, 0.3) is 11.1 Å². The first-order valence-corrected chi connectivity index (χ1v) is 8.02. The van der Waals surface area contributed by atoms with Crippen LogP contribution in [0.1, 0.15) is 26.2 Å². The maximum Gasteiger partial charge on any atom is 0.284 e. The van der Waals surface area contributed by atoms with Crippen LogP contribution in [-0.4, -0.2) is 39.3 Å². The number of hydrogen-bond donors (Lipinski definition) is 0. The number of nitrogens with zero attached hydrogens (tertiary/aromatic N) is 3. The SMILES string of the molecule is C[C@@H]1CCCCN1C(=O)CSc1nnc(-c2ccco2)o1. The summed E-state index contributed by atoms with van der Waals surface area (Å²) in [5.41, 5.74) is 0. The highest BCUT2D eigenvalue weighted by atomic mass is 32.2. The largest absolute Gasteiger partial charge is 0.459 e. The molecule has 1 saturated heterocycles. The molecule has 0 spiro atoms. The summed E-state index contributed by atoms with van der Waals surface area (Å²) in [6.45, 7) is 2.95. The summed E-state index contributed by atoms with van der Waals surface area (Å²) in [7, 11) is 0. The smallest absolute Gasteiger partial charge is 0.284 e. The van der Waals surface area contributed by atoms with Gasteiger partial charge in [0.2, 0.25) is 5.91 Å². The number of carbonyl (C=O) groups excluding carboxylic acids is 1. The zero-order valence-electron chi connectivity index (χ0n) is 11.8. The first-order valence-electron chi connectivity index (χ1n) is 7.03. The third-order valence-corrected chi connectivity index (χ3v) is 4.38. The van der Waals surface area contributed by atoms with Crippen molar-refractivity contribution < 1.29 is 13.6 Å². The summed E-state index contributed by atoms with van der Waals surface area (Å²) in [5.74, 6) is 1.32. The number of hydrogen-bond acceptors (Lipinski definition) is 6. The number of furan rings is 1. The molecule has 0 radical (unpaired) electrons. The third kappa shape index (κ3) is 3.29. The molecule has 1 atom stereocenters. The van der Waals surface area contributed by atoms with E-state index in [9.17, 15) is 4.79 Å². The molecule has 0 unspecified atom stereocenters. The van der Waals surface area contributed by atoms with Gasteiger partial charge in [0, 0.05) is 12.6 Å². The highest BCUT2D eigenvalue weighted by Crippen LogP contribution is 2.24. The first kappa shape index (κ1) is 14.2. The van der Waals surface area contributed by atoms with E-state index in [-0.39, 0.29) is 5.91 Å². The lowest BCUT2D eigenvalue weighted by molar-refractivity contribution is -0.131. The van der Waals surface area contributed by atoms with Gasteiger partial charge < -0.3 is 13.7 Å². The molecule has 1 fully saturated rings. The van der Waals surface area contributed by atoms with Gasteiger partial charge in [-0.2, -0.15) is 0 Å². The maximum absolute atomic E-state index is 12.2. The fourth-order valence-electron chi connectivity index (χ4n) is 2.44. The van der Waals surface area contributed by atoms with Crippen molar-refractivity contribution >= 4 is 17.7 Å². The molecular weight excluding hydrogens is 290 g/mol. The van der Waals surface area contributed by atoms with Gasteiger partial charge in [0.1, 0.15) is 0 Å². The van der Waals surface area contributed by atoms with Gasteiger partial charge in [0.15, 0.2) is 5.76 Å².